The van der Waals surface area contributed by atoms with Gasteiger partial charge in [0, 0.05) is 24.1 Å². The van der Waals surface area contributed by atoms with E-state index in [1.807, 2.05) is 0 Å². The van der Waals surface area contributed by atoms with Crippen molar-refractivity contribution in [1.29, 1.82) is 0 Å². The van der Waals surface area contributed by atoms with Gasteiger partial charge in [0.05, 0.1) is 17.2 Å². The van der Waals surface area contributed by atoms with E-state index in [-0.39, 0.29) is 5.69 Å². The number of ether oxygens (including phenoxy) is 1. The first-order chi connectivity index (χ1) is 7.22. The minimum Gasteiger partial charge on any atom is -0.492 e. The third-order valence-corrected chi connectivity index (χ3v) is 2.24. The minimum atomic E-state index is -0.455. The van der Waals surface area contributed by atoms with Gasteiger partial charge in [-0.3, -0.25) is 10.1 Å². The fourth-order valence-electron chi connectivity index (χ4n) is 1.51. The largest absolute Gasteiger partial charge is 0.492 e. The number of hydrogen-bond acceptors (Lipinski definition) is 5. The van der Waals surface area contributed by atoms with Crippen LogP contribution >= 0.6 is 0 Å². The zero-order chi connectivity index (χ0) is 10.8. The van der Waals surface area contributed by atoms with Crippen molar-refractivity contribution >= 4 is 11.4 Å². The van der Waals surface area contributed by atoms with Crippen molar-refractivity contribution in [1.82, 2.24) is 0 Å². The number of hydrogen-bond donors (Lipinski definition) is 1. The summed E-state index contributed by atoms with van der Waals surface area (Å²) < 4.78 is 5.33. The quantitative estimate of drug-likeness (QED) is 0.423. The second kappa shape index (κ2) is 3.56. The molecule has 6 nitrogen and oxygen atoms in total. The molecule has 6 heteroatoms. The van der Waals surface area contributed by atoms with Crippen LogP contribution in [0.25, 0.3) is 0 Å². The van der Waals surface area contributed by atoms with Gasteiger partial charge in [0.25, 0.3) is 5.69 Å². The fraction of sp³-hybridized carbons (Fsp3) is 0.222. The van der Waals surface area contributed by atoms with Crippen molar-refractivity contribution in [3.05, 3.63) is 33.9 Å². The Kier molecular flexibility index (Phi) is 2.24. The molecule has 0 fully saturated rings. The van der Waals surface area contributed by atoms with Gasteiger partial charge >= 0.3 is 0 Å². The number of nitrogens with two attached hydrogens (primary N) is 1. The van der Waals surface area contributed by atoms with Crippen LogP contribution in [0.5, 0.6) is 5.75 Å². The summed E-state index contributed by atoms with van der Waals surface area (Å²) in [6.07, 6.45) is 0.574. The van der Waals surface area contributed by atoms with Crippen LogP contribution < -0.4 is 10.6 Å². The Morgan fingerprint density at radius 2 is 2.33 bits per heavy atom. The highest BCUT2D eigenvalue weighted by atomic mass is 16.6. The van der Waals surface area contributed by atoms with E-state index in [4.69, 9.17) is 10.6 Å². The Bertz CT molecular complexity index is 442. The van der Waals surface area contributed by atoms with Gasteiger partial charge in [0.15, 0.2) is 0 Å². The van der Waals surface area contributed by atoms with E-state index in [9.17, 15) is 10.1 Å². The van der Waals surface area contributed by atoms with E-state index in [0.29, 0.717) is 30.1 Å². The molecule has 1 aliphatic heterocycles. The standard InChI is InChI=1S/C9H9N3O3/c10-11-8-3-4-15-9-2-1-6(12(13)14)5-7(8)9/h1-2,5H,3-4,10H2/b11-8+. The summed E-state index contributed by atoms with van der Waals surface area (Å²) in [5, 5.41) is 14.2. The van der Waals surface area contributed by atoms with Gasteiger partial charge in [-0.25, -0.2) is 0 Å². The highest BCUT2D eigenvalue weighted by Crippen LogP contribution is 2.28. The van der Waals surface area contributed by atoms with Gasteiger partial charge in [0.2, 0.25) is 0 Å². The van der Waals surface area contributed by atoms with Gasteiger partial charge in [-0.15, -0.1) is 0 Å². The summed E-state index contributed by atoms with van der Waals surface area (Å²) in [4.78, 5) is 10.1. The van der Waals surface area contributed by atoms with Crippen LogP contribution in [0.4, 0.5) is 5.69 Å². The lowest BCUT2D eigenvalue weighted by molar-refractivity contribution is -0.384. The Balaban J connectivity index is 2.53. The van der Waals surface area contributed by atoms with E-state index >= 15 is 0 Å². The van der Waals surface area contributed by atoms with Gasteiger partial charge in [-0.05, 0) is 6.07 Å². The highest BCUT2D eigenvalue weighted by molar-refractivity contribution is 6.04. The number of nitrogens with zero attached hydrogens (tertiary/aromatic N) is 2. The molecule has 0 unspecified atom stereocenters. The maximum absolute atomic E-state index is 10.6. The van der Waals surface area contributed by atoms with Crippen LogP contribution in [0.2, 0.25) is 0 Å². The molecule has 0 bridgehead atoms. The van der Waals surface area contributed by atoms with E-state index in [1.54, 1.807) is 6.07 Å². The zero-order valence-electron chi connectivity index (χ0n) is 7.84. The summed E-state index contributed by atoms with van der Waals surface area (Å²) in [6, 6.07) is 4.40. The molecule has 15 heavy (non-hydrogen) atoms. The number of rotatable bonds is 1. The number of hydrazone groups is 1. The topological polar surface area (TPSA) is 90.8 Å². The first kappa shape index (κ1) is 9.45. The molecule has 1 heterocycles. The number of benzene rings is 1. The molecule has 0 spiro atoms. The fourth-order valence-corrected chi connectivity index (χ4v) is 1.51. The zero-order valence-corrected chi connectivity index (χ0v) is 7.84. The number of nitro groups is 1. The van der Waals surface area contributed by atoms with E-state index < -0.39 is 4.92 Å². The normalized spacial score (nSPS) is 16.9. The molecule has 78 valence electrons. The molecule has 0 saturated carbocycles. The van der Waals surface area contributed by atoms with Crippen LogP contribution in [-0.4, -0.2) is 17.2 Å². The number of fused-ring (bicyclic) bond motifs is 1. The molecule has 1 aliphatic rings. The van der Waals surface area contributed by atoms with Crippen molar-refractivity contribution in [2.24, 2.45) is 10.9 Å². The summed E-state index contributed by atoms with van der Waals surface area (Å²) >= 11 is 0. The Labute approximate surface area is 85.5 Å². The third kappa shape index (κ3) is 1.61. The number of nitro benzene ring substituents is 1. The predicted molar refractivity (Wildman–Crippen MR) is 53.9 cm³/mol. The molecular weight excluding hydrogens is 198 g/mol. The Morgan fingerprint density at radius 3 is 3.00 bits per heavy atom. The van der Waals surface area contributed by atoms with Gasteiger partial charge < -0.3 is 10.6 Å². The Morgan fingerprint density at radius 1 is 1.53 bits per heavy atom. The maximum atomic E-state index is 10.6. The van der Waals surface area contributed by atoms with Gasteiger partial charge in [-0.2, -0.15) is 5.10 Å². The molecular formula is C9H9N3O3. The smallest absolute Gasteiger partial charge is 0.270 e. The van der Waals surface area contributed by atoms with E-state index in [0.717, 1.165) is 0 Å². The second-order valence-electron chi connectivity index (χ2n) is 3.11. The lowest BCUT2D eigenvalue weighted by Gasteiger charge is -2.17. The van der Waals surface area contributed by atoms with E-state index in [1.165, 1.54) is 12.1 Å². The average molecular weight is 207 g/mol. The summed E-state index contributed by atoms with van der Waals surface area (Å²) in [5.41, 5.74) is 1.26. The van der Waals surface area contributed by atoms with Crippen molar-refractivity contribution in [3.8, 4) is 5.75 Å². The molecule has 0 radical (unpaired) electrons. The van der Waals surface area contributed by atoms with Crippen LogP contribution in [0.1, 0.15) is 12.0 Å². The van der Waals surface area contributed by atoms with Crippen molar-refractivity contribution in [2.45, 2.75) is 6.42 Å². The summed E-state index contributed by atoms with van der Waals surface area (Å²) in [6.45, 7) is 0.501. The molecule has 2 rings (SSSR count). The molecule has 1 aromatic carbocycles. The molecule has 2 N–H and O–H groups in total. The third-order valence-electron chi connectivity index (χ3n) is 2.24. The number of non-ortho nitro benzene ring substituents is 1. The molecule has 0 aromatic heterocycles. The maximum Gasteiger partial charge on any atom is 0.270 e. The second-order valence-corrected chi connectivity index (χ2v) is 3.11. The van der Waals surface area contributed by atoms with Crippen LogP contribution in [0.3, 0.4) is 0 Å². The van der Waals surface area contributed by atoms with Crippen LogP contribution in [0.15, 0.2) is 23.3 Å². The Hall–Kier alpha value is -2.11. The van der Waals surface area contributed by atoms with Crippen LogP contribution in [-0.2, 0) is 0 Å². The lowest BCUT2D eigenvalue weighted by Crippen LogP contribution is -2.17. The minimum absolute atomic E-state index is 0.0143. The monoisotopic (exact) mass is 207 g/mol. The highest BCUT2D eigenvalue weighted by Gasteiger charge is 2.19. The summed E-state index contributed by atoms with van der Waals surface area (Å²) in [7, 11) is 0. The lowest BCUT2D eigenvalue weighted by atomic mass is 10.0. The molecule has 0 saturated heterocycles. The first-order valence-electron chi connectivity index (χ1n) is 4.40. The molecule has 1 aromatic rings. The average Bonchev–Trinajstić information content (AvgIpc) is 2.27. The molecule has 0 atom stereocenters. The van der Waals surface area contributed by atoms with Gasteiger partial charge in [0.1, 0.15) is 5.75 Å². The van der Waals surface area contributed by atoms with E-state index in [2.05, 4.69) is 5.10 Å². The summed E-state index contributed by atoms with van der Waals surface area (Å²) in [5.74, 6) is 5.80. The molecule has 0 aliphatic carbocycles. The predicted octanol–water partition coefficient (Wildman–Crippen LogP) is 1.04. The first-order valence-corrected chi connectivity index (χ1v) is 4.40. The van der Waals surface area contributed by atoms with Crippen molar-refractivity contribution < 1.29 is 9.66 Å². The SMILES string of the molecule is N/N=C1\CCOc2ccc([N+](=O)[O-])cc21. The van der Waals surface area contributed by atoms with Crippen LogP contribution in [0, 0.1) is 10.1 Å². The van der Waals surface area contributed by atoms with Crippen molar-refractivity contribution in [3.63, 3.8) is 0 Å². The van der Waals surface area contributed by atoms with Gasteiger partial charge in [-0.1, -0.05) is 0 Å². The van der Waals surface area contributed by atoms with Crippen molar-refractivity contribution in [2.75, 3.05) is 6.61 Å². The molecule has 0 amide bonds.